The van der Waals surface area contributed by atoms with Crippen LogP contribution in [0, 0.1) is 0 Å². The first kappa shape index (κ1) is 15.0. The fourth-order valence-corrected chi connectivity index (χ4v) is 2.54. The zero-order valence-electron chi connectivity index (χ0n) is 12.1. The van der Waals surface area contributed by atoms with E-state index < -0.39 is 11.9 Å². The maximum Gasteiger partial charge on any atom is 0.312 e. The number of hydrogen-bond donors (Lipinski definition) is 2. The van der Waals surface area contributed by atoms with Gasteiger partial charge in [-0.15, -0.1) is 0 Å². The van der Waals surface area contributed by atoms with Crippen LogP contribution >= 0.6 is 0 Å². The quantitative estimate of drug-likeness (QED) is 0.677. The zero-order valence-corrected chi connectivity index (χ0v) is 12.1. The predicted octanol–water partition coefficient (Wildman–Crippen LogP) is 1.93. The van der Waals surface area contributed by atoms with Crippen LogP contribution in [0.2, 0.25) is 0 Å². The van der Waals surface area contributed by atoms with Gasteiger partial charge in [-0.1, -0.05) is 37.3 Å². The largest absolute Gasteiger partial charge is 0.481 e. The van der Waals surface area contributed by atoms with E-state index in [2.05, 4.69) is 17.1 Å². The summed E-state index contributed by atoms with van der Waals surface area (Å²) in [6.45, 7) is 5.60. The first-order valence-corrected chi connectivity index (χ1v) is 7.45. The minimum absolute atomic E-state index is 0.466. The minimum atomic E-state index is -0.766. The number of carboxylic acids is 1. The summed E-state index contributed by atoms with van der Waals surface area (Å²) in [6.07, 6.45) is 2.63. The number of benzene rings is 1. The Kier molecular flexibility index (Phi) is 5.56. The molecule has 1 aromatic rings. The Labute approximate surface area is 120 Å². The molecule has 0 aliphatic heterocycles. The third-order valence-electron chi connectivity index (χ3n) is 3.89. The Balaban J connectivity index is 1.76. The molecule has 4 heteroatoms. The summed E-state index contributed by atoms with van der Waals surface area (Å²) in [6, 6.07) is 10.2. The molecule has 1 aromatic carbocycles. The number of nitrogens with zero attached hydrogens (tertiary/aromatic N) is 1. The van der Waals surface area contributed by atoms with Gasteiger partial charge in [0, 0.05) is 25.7 Å². The maximum absolute atomic E-state index is 11.4. The third-order valence-corrected chi connectivity index (χ3v) is 3.89. The maximum atomic E-state index is 11.4. The fourth-order valence-electron chi connectivity index (χ4n) is 2.54. The minimum Gasteiger partial charge on any atom is -0.481 e. The van der Waals surface area contributed by atoms with Crippen molar-refractivity contribution in [2.75, 3.05) is 26.2 Å². The first-order chi connectivity index (χ1) is 9.72. The Morgan fingerprint density at radius 2 is 2.10 bits per heavy atom. The van der Waals surface area contributed by atoms with Gasteiger partial charge in [-0.05, 0) is 24.9 Å². The summed E-state index contributed by atoms with van der Waals surface area (Å²) in [5.74, 6) is -1.23. The van der Waals surface area contributed by atoms with Gasteiger partial charge in [0.05, 0.1) is 5.92 Å². The number of nitrogens with one attached hydrogen (secondary N) is 1. The van der Waals surface area contributed by atoms with Gasteiger partial charge in [-0.2, -0.15) is 0 Å². The lowest BCUT2D eigenvalue weighted by atomic mass is 9.99. The molecule has 0 aromatic heterocycles. The van der Waals surface area contributed by atoms with Crippen LogP contribution in [-0.4, -0.2) is 48.2 Å². The van der Waals surface area contributed by atoms with Gasteiger partial charge in [-0.25, -0.2) is 0 Å². The Hall–Kier alpha value is -1.39. The average molecular weight is 276 g/mol. The van der Waals surface area contributed by atoms with Gasteiger partial charge in [0.2, 0.25) is 0 Å². The van der Waals surface area contributed by atoms with Crippen LogP contribution in [0.15, 0.2) is 30.3 Å². The second-order valence-corrected chi connectivity index (χ2v) is 5.37. The van der Waals surface area contributed by atoms with Gasteiger partial charge in [0.15, 0.2) is 0 Å². The smallest absolute Gasteiger partial charge is 0.312 e. The average Bonchev–Trinajstić information content (AvgIpc) is 3.28. The molecule has 2 N–H and O–H groups in total. The monoisotopic (exact) mass is 276 g/mol. The normalized spacial score (nSPS) is 16.3. The highest BCUT2D eigenvalue weighted by molar-refractivity contribution is 5.76. The zero-order chi connectivity index (χ0) is 14.4. The molecular weight excluding hydrogens is 252 g/mol. The number of carboxylic acid groups (broad SMARTS) is 1. The van der Waals surface area contributed by atoms with Crippen LogP contribution in [-0.2, 0) is 4.79 Å². The van der Waals surface area contributed by atoms with Crippen molar-refractivity contribution in [2.45, 2.75) is 31.7 Å². The van der Waals surface area contributed by atoms with Gasteiger partial charge in [0.25, 0.3) is 0 Å². The molecule has 110 valence electrons. The standard InChI is InChI=1S/C16H24N2O2/c1-2-18(14-8-9-14)11-10-17-12-15(16(19)20)13-6-4-3-5-7-13/h3-7,14-15,17H,2,8-12H2,1H3,(H,19,20). The van der Waals surface area contributed by atoms with Crippen molar-refractivity contribution in [1.82, 2.24) is 10.2 Å². The van der Waals surface area contributed by atoms with E-state index in [1.54, 1.807) is 0 Å². The summed E-state index contributed by atoms with van der Waals surface area (Å²) >= 11 is 0. The van der Waals surface area contributed by atoms with Gasteiger partial charge in [0.1, 0.15) is 0 Å². The van der Waals surface area contributed by atoms with E-state index in [0.29, 0.717) is 6.54 Å². The molecule has 0 spiro atoms. The van der Waals surface area contributed by atoms with Crippen molar-refractivity contribution in [2.24, 2.45) is 0 Å². The van der Waals surface area contributed by atoms with Crippen molar-refractivity contribution >= 4 is 5.97 Å². The van der Waals surface area contributed by atoms with E-state index in [1.807, 2.05) is 30.3 Å². The molecule has 0 bridgehead atoms. The molecule has 1 atom stereocenters. The second-order valence-electron chi connectivity index (χ2n) is 5.37. The van der Waals surface area contributed by atoms with E-state index in [1.165, 1.54) is 12.8 Å². The lowest BCUT2D eigenvalue weighted by Crippen LogP contribution is -2.36. The van der Waals surface area contributed by atoms with E-state index >= 15 is 0 Å². The molecule has 1 aliphatic carbocycles. The lowest BCUT2D eigenvalue weighted by Gasteiger charge is -2.20. The molecule has 1 unspecified atom stereocenters. The molecule has 0 radical (unpaired) electrons. The van der Waals surface area contributed by atoms with Crippen molar-refractivity contribution in [1.29, 1.82) is 0 Å². The molecule has 1 saturated carbocycles. The molecule has 1 aliphatic rings. The van der Waals surface area contributed by atoms with E-state index in [4.69, 9.17) is 0 Å². The molecule has 1 fully saturated rings. The van der Waals surface area contributed by atoms with Gasteiger partial charge >= 0.3 is 5.97 Å². The predicted molar refractivity (Wildman–Crippen MR) is 80.0 cm³/mol. The number of rotatable bonds is 9. The summed E-state index contributed by atoms with van der Waals surface area (Å²) in [4.78, 5) is 13.8. The highest BCUT2D eigenvalue weighted by atomic mass is 16.4. The molecule has 4 nitrogen and oxygen atoms in total. The fraction of sp³-hybridized carbons (Fsp3) is 0.562. The van der Waals surface area contributed by atoms with Gasteiger partial charge in [-0.3, -0.25) is 9.69 Å². The SMILES string of the molecule is CCN(CCNCC(C(=O)O)c1ccccc1)C1CC1. The molecule has 0 heterocycles. The molecular formula is C16H24N2O2. The molecule has 2 rings (SSSR count). The van der Waals surface area contributed by atoms with Crippen LogP contribution in [0.25, 0.3) is 0 Å². The number of likely N-dealkylation sites (N-methyl/N-ethyl adjacent to an activating group) is 1. The van der Waals surface area contributed by atoms with Crippen molar-refractivity contribution in [3.8, 4) is 0 Å². The van der Waals surface area contributed by atoms with E-state index in [0.717, 1.165) is 31.2 Å². The van der Waals surface area contributed by atoms with Crippen LogP contribution in [0.3, 0.4) is 0 Å². The Bertz CT molecular complexity index is 418. The topological polar surface area (TPSA) is 52.6 Å². The lowest BCUT2D eigenvalue weighted by molar-refractivity contribution is -0.138. The Morgan fingerprint density at radius 3 is 2.65 bits per heavy atom. The third kappa shape index (κ3) is 4.32. The van der Waals surface area contributed by atoms with E-state index in [9.17, 15) is 9.90 Å². The number of aliphatic carboxylic acids is 1. The summed E-state index contributed by atoms with van der Waals surface area (Å²) in [5, 5.41) is 12.6. The molecule has 0 amide bonds. The molecule has 20 heavy (non-hydrogen) atoms. The molecule has 0 saturated heterocycles. The highest BCUT2D eigenvalue weighted by Crippen LogP contribution is 2.25. The van der Waals surface area contributed by atoms with E-state index in [-0.39, 0.29) is 0 Å². The summed E-state index contributed by atoms with van der Waals surface area (Å²) in [7, 11) is 0. The highest BCUT2D eigenvalue weighted by Gasteiger charge is 2.27. The number of carbonyl (C=O) groups is 1. The summed E-state index contributed by atoms with van der Waals surface area (Å²) in [5.41, 5.74) is 0.863. The second kappa shape index (κ2) is 7.41. The van der Waals surface area contributed by atoms with Gasteiger partial charge < -0.3 is 10.4 Å². The van der Waals surface area contributed by atoms with Crippen LogP contribution in [0.4, 0.5) is 0 Å². The summed E-state index contributed by atoms with van der Waals surface area (Å²) < 4.78 is 0. The van der Waals surface area contributed by atoms with Crippen molar-refractivity contribution < 1.29 is 9.90 Å². The van der Waals surface area contributed by atoms with Crippen molar-refractivity contribution in [3.63, 3.8) is 0 Å². The van der Waals surface area contributed by atoms with Crippen LogP contribution in [0.5, 0.6) is 0 Å². The first-order valence-electron chi connectivity index (χ1n) is 7.45. The number of hydrogen-bond acceptors (Lipinski definition) is 3. The van der Waals surface area contributed by atoms with Crippen molar-refractivity contribution in [3.05, 3.63) is 35.9 Å². The van der Waals surface area contributed by atoms with Crippen LogP contribution in [0.1, 0.15) is 31.2 Å². The Morgan fingerprint density at radius 1 is 1.40 bits per heavy atom. The van der Waals surface area contributed by atoms with Crippen LogP contribution < -0.4 is 5.32 Å².